The molecule has 1 atom stereocenters. The van der Waals surface area contributed by atoms with Gasteiger partial charge in [0.15, 0.2) is 0 Å². The molecule has 2 N–H and O–H groups in total. The lowest BCUT2D eigenvalue weighted by Gasteiger charge is -2.23. The second kappa shape index (κ2) is 8.92. The van der Waals surface area contributed by atoms with E-state index in [1.165, 1.54) is 11.2 Å². The Hall–Kier alpha value is -4.29. The van der Waals surface area contributed by atoms with Gasteiger partial charge in [-0.3, -0.25) is 14.5 Å². The topological polar surface area (TPSA) is 82.8 Å². The van der Waals surface area contributed by atoms with E-state index in [2.05, 4.69) is 5.32 Å². The predicted molar refractivity (Wildman–Crippen MR) is 131 cm³/mol. The van der Waals surface area contributed by atoms with E-state index < -0.39 is 17.7 Å². The number of benzene rings is 3. The predicted octanol–water partition coefficient (Wildman–Crippen LogP) is 6.30. The lowest BCUT2D eigenvalue weighted by molar-refractivity contribution is -0.132. The molecular formula is C27H19ClN2O4. The Labute approximate surface area is 200 Å². The van der Waals surface area contributed by atoms with Crippen molar-refractivity contribution < 1.29 is 19.1 Å². The normalized spacial score (nSPS) is 17.2. The molecule has 1 aliphatic heterocycles. The minimum Gasteiger partial charge on any atom is -0.507 e. The van der Waals surface area contributed by atoms with Crippen molar-refractivity contribution in [1.82, 2.24) is 0 Å². The van der Waals surface area contributed by atoms with Crippen molar-refractivity contribution in [3.63, 3.8) is 0 Å². The van der Waals surface area contributed by atoms with Crippen LogP contribution < -0.4 is 10.2 Å². The van der Waals surface area contributed by atoms with Gasteiger partial charge in [0.1, 0.15) is 17.6 Å². The van der Waals surface area contributed by atoms with Crippen LogP contribution in [0.4, 0.5) is 17.1 Å². The van der Waals surface area contributed by atoms with Crippen LogP contribution in [0.1, 0.15) is 17.4 Å². The molecule has 2 heterocycles. The average molecular weight is 471 g/mol. The second-order valence-corrected chi connectivity index (χ2v) is 8.17. The zero-order valence-electron chi connectivity index (χ0n) is 17.8. The number of amides is 1. The van der Waals surface area contributed by atoms with E-state index in [0.29, 0.717) is 22.0 Å². The first-order valence-electron chi connectivity index (χ1n) is 10.6. The molecule has 34 heavy (non-hydrogen) atoms. The van der Waals surface area contributed by atoms with Gasteiger partial charge in [-0.2, -0.15) is 0 Å². The van der Waals surface area contributed by atoms with Crippen LogP contribution in [-0.2, 0) is 9.59 Å². The van der Waals surface area contributed by atoms with E-state index >= 15 is 0 Å². The van der Waals surface area contributed by atoms with Gasteiger partial charge in [0.05, 0.1) is 11.8 Å². The Morgan fingerprint density at radius 3 is 2.18 bits per heavy atom. The number of anilines is 3. The molecule has 7 heteroatoms. The summed E-state index contributed by atoms with van der Waals surface area (Å²) in [4.78, 5) is 27.6. The molecule has 1 saturated heterocycles. The summed E-state index contributed by atoms with van der Waals surface area (Å²) < 4.78 is 5.58. The summed E-state index contributed by atoms with van der Waals surface area (Å²) in [7, 11) is 0. The summed E-state index contributed by atoms with van der Waals surface area (Å²) in [5.74, 6) is -1.47. The van der Waals surface area contributed by atoms with Crippen molar-refractivity contribution >= 4 is 46.1 Å². The van der Waals surface area contributed by atoms with Crippen LogP contribution in [0.15, 0.2) is 107 Å². The summed E-state index contributed by atoms with van der Waals surface area (Å²) in [6, 6.07) is 25.6. The number of para-hydroxylation sites is 1. The number of carbonyl (C=O) groups is 2. The van der Waals surface area contributed by atoms with Gasteiger partial charge < -0.3 is 14.8 Å². The van der Waals surface area contributed by atoms with E-state index in [4.69, 9.17) is 16.0 Å². The van der Waals surface area contributed by atoms with Gasteiger partial charge in [-0.25, -0.2) is 0 Å². The number of hydrogen-bond donors (Lipinski definition) is 2. The lowest BCUT2D eigenvalue weighted by Crippen LogP contribution is -2.29. The van der Waals surface area contributed by atoms with Gasteiger partial charge in [-0.1, -0.05) is 29.8 Å². The molecular weight excluding hydrogens is 452 g/mol. The summed E-state index contributed by atoms with van der Waals surface area (Å²) in [6.07, 6.45) is 1.46. The molecule has 0 saturated carbocycles. The third-order valence-electron chi connectivity index (χ3n) is 5.58. The van der Waals surface area contributed by atoms with Gasteiger partial charge in [0.2, 0.25) is 0 Å². The Bertz CT molecular complexity index is 1360. The SMILES string of the molecule is O=C1C(=O)N(c2ccc(Nc3ccccc3)cc2)C(c2ccco2)/C1=C(/O)c1ccc(Cl)cc1. The third kappa shape index (κ3) is 3.95. The first-order chi connectivity index (χ1) is 16.5. The van der Waals surface area contributed by atoms with E-state index in [9.17, 15) is 14.7 Å². The Balaban J connectivity index is 1.55. The molecule has 5 rings (SSSR count). The van der Waals surface area contributed by atoms with E-state index in [-0.39, 0.29) is 11.3 Å². The van der Waals surface area contributed by atoms with Gasteiger partial charge in [-0.05, 0) is 72.8 Å². The molecule has 1 fully saturated rings. The molecule has 0 bridgehead atoms. The summed E-state index contributed by atoms with van der Waals surface area (Å²) >= 11 is 5.96. The van der Waals surface area contributed by atoms with Crippen LogP contribution >= 0.6 is 11.6 Å². The number of ketones is 1. The number of hydrogen-bond acceptors (Lipinski definition) is 5. The maximum absolute atomic E-state index is 13.1. The van der Waals surface area contributed by atoms with Gasteiger partial charge in [0.25, 0.3) is 11.7 Å². The first-order valence-corrected chi connectivity index (χ1v) is 10.9. The molecule has 0 radical (unpaired) electrons. The molecule has 6 nitrogen and oxygen atoms in total. The quantitative estimate of drug-likeness (QED) is 0.203. The molecule has 3 aromatic carbocycles. The Morgan fingerprint density at radius 2 is 1.53 bits per heavy atom. The van der Waals surface area contributed by atoms with Crippen LogP contribution in [0.3, 0.4) is 0 Å². The Morgan fingerprint density at radius 1 is 0.853 bits per heavy atom. The highest BCUT2D eigenvalue weighted by Gasteiger charge is 2.48. The molecule has 1 amide bonds. The average Bonchev–Trinajstić information content (AvgIpc) is 3.47. The summed E-state index contributed by atoms with van der Waals surface area (Å²) in [6.45, 7) is 0. The van der Waals surface area contributed by atoms with Crippen LogP contribution in [0.25, 0.3) is 5.76 Å². The molecule has 1 aliphatic rings. The monoisotopic (exact) mass is 470 g/mol. The molecule has 168 valence electrons. The molecule has 0 aliphatic carbocycles. The number of Topliss-reactive ketones (excluding diaryl/α,β-unsaturated/α-hetero) is 1. The van der Waals surface area contributed by atoms with Crippen LogP contribution in [-0.4, -0.2) is 16.8 Å². The maximum Gasteiger partial charge on any atom is 0.300 e. The largest absolute Gasteiger partial charge is 0.507 e. The van der Waals surface area contributed by atoms with Crippen molar-refractivity contribution in [2.45, 2.75) is 6.04 Å². The number of nitrogens with zero attached hydrogens (tertiary/aromatic N) is 1. The number of nitrogens with one attached hydrogen (secondary N) is 1. The van der Waals surface area contributed by atoms with Crippen molar-refractivity contribution in [2.24, 2.45) is 0 Å². The standard InChI is InChI=1S/C27H19ClN2O4/c28-18-10-8-17(9-11-18)25(31)23-24(22-7-4-16-34-22)30(27(33)26(23)32)21-14-12-20(13-15-21)29-19-5-2-1-3-6-19/h1-16,24,29,31H/b25-23-. The highest BCUT2D eigenvalue weighted by atomic mass is 35.5. The third-order valence-corrected chi connectivity index (χ3v) is 5.83. The fourth-order valence-electron chi connectivity index (χ4n) is 3.97. The number of carbonyl (C=O) groups excluding carboxylic acids is 2. The van der Waals surface area contributed by atoms with Crippen molar-refractivity contribution in [3.05, 3.63) is 119 Å². The highest BCUT2D eigenvalue weighted by Crippen LogP contribution is 2.42. The molecule has 1 unspecified atom stereocenters. The molecule has 4 aromatic rings. The van der Waals surface area contributed by atoms with Crippen LogP contribution in [0, 0.1) is 0 Å². The van der Waals surface area contributed by atoms with E-state index in [0.717, 1.165) is 11.4 Å². The number of aliphatic hydroxyl groups is 1. The lowest BCUT2D eigenvalue weighted by atomic mass is 9.99. The second-order valence-electron chi connectivity index (χ2n) is 7.73. The van der Waals surface area contributed by atoms with E-state index in [1.54, 1.807) is 48.5 Å². The smallest absolute Gasteiger partial charge is 0.300 e. The first kappa shape index (κ1) is 21.6. The van der Waals surface area contributed by atoms with Crippen LogP contribution in [0.5, 0.6) is 0 Å². The minimum atomic E-state index is -0.918. The fourth-order valence-corrected chi connectivity index (χ4v) is 4.10. The molecule has 1 aromatic heterocycles. The summed E-state index contributed by atoms with van der Waals surface area (Å²) in [5, 5.41) is 14.8. The number of aliphatic hydroxyl groups excluding tert-OH is 1. The zero-order chi connectivity index (χ0) is 23.7. The van der Waals surface area contributed by atoms with Crippen LogP contribution in [0.2, 0.25) is 5.02 Å². The maximum atomic E-state index is 13.1. The van der Waals surface area contributed by atoms with E-state index in [1.807, 2.05) is 42.5 Å². The zero-order valence-corrected chi connectivity index (χ0v) is 18.6. The highest BCUT2D eigenvalue weighted by molar-refractivity contribution is 6.51. The van der Waals surface area contributed by atoms with Gasteiger partial charge in [-0.15, -0.1) is 0 Å². The van der Waals surface area contributed by atoms with Crippen molar-refractivity contribution in [1.29, 1.82) is 0 Å². The Kier molecular flexibility index (Phi) is 5.65. The minimum absolute atomic E-state index is 0.0474. The fraction of sp³-hybridized carbons (Fsp3) is 0.0370. The van der Waals surface area contributed by atoms with Crippen molar-refractivity contribution in [2.75, 3.05) is 10.2 Å². The summed E-state index contributed by atoms with van der Waals surface area (Å²) in [5.41, 5.74) is 2.57. The van der Waals surface area contributed by atoms with Gasteiger partial charge in [0, 0.05) is 27.6 Å². The van der Waals surface area contributed by atoms with Crippen molar-refractivity contribution in [3.8, 4) is 0 Å². The molecule has 0 spiro atoms. The number of halogens is 1. The number of rotatable bonds is 5. The number of furan rings is 1. The van der Waals surface area contributed by atoms with Gasteiger partial charge >= 0.3 is 0 Å².